The Labute approximate surface area is 117 Å². The predicted molar refractivity (Wildman–Crippen MR) is 73.4 cm³/mol. The second-order valence-corrected chi connectivity index (χ2v) is 4.16. The van der Waals surface area contributed by atoms with E-state index in [2.05, 4.69) is 0 Å². The Kier molecular flexibility index (Phi) is 5.83. The summed E-state index contributed by atoms with van der Waals surface area (Å²) in [5, 5.41) is 8.88. The molecule has 0 aliphatic heterocycles. The minimum absolute atomic E-state index is 0.293. The van der Waals surface area contributed by atoms with E-state index in [9.17, 15) is 9.59 Å². The molecule has 0 saturated carbocycles. The van der Waals surface area contributed by atoms with Crippen LogP contribution in [0, 0.1) is 0 Å². The van der Waals surface area contributed by atoms with Crippen LogP contribution in [0.3, 0.4) is 0 Å². The standard InChI is InChI=1S/C14H19NO5/c1-4-8-15(9-12(16)17)14(18)10-6-5-7-11(19-2)13(10)20-3/h5-7H,4,8-9H2,1-3H3,(H,16,17). The number of para-hydroxylation sites is 1. The summed E-state index contributed by atoms with van der Waals surface area (Å²) in [6, 6.07) is 4.94. The lowest BCUT2D eigenvalue weighted by molar-refractivity contribution is -0.137. The maximum Gasteiger partial charge on any atom is 0.323 e. The lowest BCUT2D eigenvalue weighted by Crippen LogP contribution is -2.36. The van der Waals surface area contributed by atoms with Crippen LogP contribution in [-0.4, -0.2) is 49.2 Å². The molecule has 1 N–H and O–H groups in total. The fourth-order valence-electron chi connectivity index (χ4n) is 1.91. The van der Waals surface area contributed by atoms with Gasteiger partial charge in [-0.1, -0.05) is 13.0 Å². The predicted octanol–water partition coefficient (Wildman–Crippen LogP) is 1.64. The maximum atomic E-state index is 12.4. The molecular formula is C14H19NO5. The first-order valence-corrected chi connectivity index (χ1v) is 6.27. The van der Waals surface area contributed by atoms with Crippen molar-refractivity contribution in [2.24, 2.45) is 0 Å². The molecule has 1 aromatic carbocycles. The number of amides is 1. The zero-order chi connectivity index (χ0) is 15.1. The van der Waals surface area contributed by atoms with Gasteiger partial charge in [-0.25, -0.2) is 0 Å². The number of ether oxygens (including phenoxy) is 2. The molecule has 0 atom stereocenters. The molecule has 0 aromatic heterocycles. The van der Waals surface area contributed by atoms with Crippen LogP contribution in [0.2, 0.25) is 0 Å². The first kappa shape index (κ1) is 15.8. The van der Waals surface area contributed by atoms with Gasteiger partial charge in [0.15, 0.2) is 11.5 Å². The summed E-state index contributed by atoms with van der Waals surface area (Å²) in [4.78, 5) is 24.6. The lowest BCUT2D eigenvalue weighted by atomic mass is 10.1. The molecule has 1 amide bonds. The Bertz CT molecular complexity index is 486. The Morgan fingerprint density at radius 3 is 2.45 bits per heavy atom. The van der Waals surface area contributed by atoms with Gasteiger partial charge in [0.25, 0.3) is 5.91 Å². The number of nitrogens with zero attached hydrogens (tertiary/aromatic N) is 1. The van der Waals surface area contributed by atoms with Crippen LogP contribution >= 0.6 is 0 Å². The summed E-state index contributed by atoms with van der Waals surface area (Å²) < 4.78 is 10.3. The number of carbonyl (C=O) groups is 2. The third-order valence-electron chi connectivity index (χ3n) is 2.74. The van der Waals surface area contributed by atoms with Crippen molar-refractivity contribution in [2.75, 3.05) is 27.3 Å². The summed E-state index contributed by atoms with van der Waals surface area (Å²) in [6.07, 6.45) is 0.672. The largest absolute Gasteiger partial charge is 0.493 e. The third-order valence-corrected chi connectivity index (χ3v) is 2.74. The van der Waals surface area contributed by atoms with Crippen molar-refractivity contribution in [1.29, 1.82) is 0 Å². The van der Waals surface area contributed by atoms with Crippen LogP contribution in [0.4, 0.5) is 0 Å². The first-order valence-electron chi connectivity index (χ1n) is 6.27. The molecule has 6 heteroatoms. The summed E-state index contributed by atoms with van der Waals surface area (Å²) in [5.41, 5.74) is 0.293. The Balaban J connectivity index is 3.13. The summed E-state index contributed by atoms with van der Waals surface area (Å²) in [6.45, 7) is 1.91. The minimum Gasteiger partial charge on any atom is -0.493 e. The van der Waals surface area contributed by atoms with Gasteiger partial charge in [0.2, 0.25) is 0 Å². The summed E-state index contributed by atoms with van der Waals surface area (Å²) in [7, 11) is 2.92. The van der Waals surface area contributed by atoms with Crippen LogP contribution in [0.1, 0.15) is 23.7 Å². The molecule has 0 heterocycles. The first-order chi connectivity index (χ1) is 9.54. The van der Waals surface area contributed by atoms with Gasteiger partial charge in [0.1, 0.15) is 6.54 Å². The van der Waals surface area contributed by atoms with E-state index < -0.39 is 5.97 Å². The quantitative estimate of drug-likeness (QED) is 0.822. The molecule has 110 valence electrons. The highest BCUT2D eigenvalue weighted by Crippen LogP contribution is 2.31. The monoisotopic (exact) mass is 281 g/mol. The van der Waals surface area contributed by atoms with Crippen molar-refractivity contribution in [3.8, 4) is 11.5 Å². The van der Waals surface area contributed by atoms with E-state index in [1.165, 1.54) is 19.1 Å². The number of hydrogen-bond donors (Lipinski definition) is 1. The average Bonchev–Trinajstić information content (AvgIpc) is 2.44. The van der Waals surface area contributed by atoms with Gasteiger partial charge in [-0.3, -0.25) is 9.59 Å². The number of hydrogen-bond acceptors (Lipinski definition) is 4. The van der Waals surface area contributed by atoms with Crippen molar-refractivity contribution in [2.45, 2.75) is 13.3 Å². The van der Waals surface area contributed by atoms with Gasteiger partial charge in [-0.05, 0) is 18.6 Å². The van der Waals surface area contributed by atoms with Crippen LogP contribution in [0.15, 0.2) is 18.2 Å². The van der Waals surface area contributed by atoms with E-state index in [1.54, 1.807) is 18.2 Å². The number of carbonyl (C=O) groups excluding carboxylic acids is 1. The second kappa shape index (κ2) is 7.37. The zero-order valence-corrected chi connectivity index (χ0v) is 11.9. The minimum atomic E-state index is -1.05. The van der Waals surface area contributed by atoms with E-state index >= 15 is 0 Å². The zero-order valence-electron chi connectivity index (χ0n) is 11.9. The summed E-state index contributed by atoms with van der Waals surface area (Å²) >= 11 is 0. The van der Waals surface area contributed by atoms with Crippen molar-refractivity contribution in [3.63, 3.8) is 0 Å². The number of aliphatic carboxylic acids is 1. The molecule has 0 saturated heterocycles. The molecule has 0 bridgehead atoms. The number of carboxylic acids is 1. The molecule has 0 unspecified atom stereocenters. The molecule has 0 aliphatic carbocycles. The van der Waals surface area contributed by atoms with Gasteiger partial charge in [0.05, 0.1) is 19.8 Å². The van der Waals surface area contributed by atoms with Crippen molar-refractivity contribution in [3.05, 3.63) is 23.8 Å². The van der Waals surface area contributed by atoms with Gasteiger partial charge < -0.3 is 19.5 Å². The van der Waals surface area contributed by atoms with E-state index in [0.717, 1.165) is 0 Å². The maximum absolute atomic E-state index is 12.4. The van der Waals surface area contributed by atoms with E-state index in [-0.39, 0.29) is 12.5 Å². The number of rotatable bonds is 7. The van der Waals surface area contributed by atoms with Gasteiger partial charge >= 0.3 is 5.97 Å². The van der Waals surface area contributed by atoms with Gasteiger partial charge in [-0.15, -0.1) is 0 Å². The molecule has 0 fully saturated rings. The van der Waals surface area contributed by atoms with Gasteiger partial charge in [0, 0.05) is 6.54 Å². The van der Waals surface area contributed by atoms with Crippen LogP contribution in [-0.2, 0) is 4.79 Å². The Morgan fingerprint density at radius 1 is 1.25 bits per heavy atom. The molecule has 20 heavy (non-hydrogen) atoms. The lowest BCUT2D eigenvalue weighted by Gasteiger charge is -2.21. The van der Waals surface area contributed by atoms with Gasteiger partial charge in [-0.2, -0.15) is 0 Å². The topological polar surface area (TPSA) is 76.1 Å². The number of benzene rings is 1. The molecule has 0 spiro atoms. The molecular weight excluding hydrogens is 262 g/mol. The SMILES string of the molecule is CCCN(CC(=O)O)C(=O)c1cccc(OC)c1OC. The van der Waals surface area contributed by atoms with Crippen molar-refractivity contribution < 1.29 is 24.2 Å². The van der Waals surface area contributed by atoms with Crippen LogP contribution in [0.25, 0.3) is 0 Å². The Morgan fingerprint density at radius 2 is 1.95 bits per heavy atom. The molecule has 6 nitrogen and oxygen atoms in total. The number of carboxylic acid groups (broad SMARTS) is 1. The van der Waals surface area contributed by atoms with E-state index in [0.29, 0.717) is 30.0 Å². The fraction of sp³-hybridized carbons (Fsp3) is 0.429. The van der Waals surface area contributed by atoms with Crippen molar-refractivity contribution in [1.82, 2.24) is 4.90 Å². The van der Waals surface area contributed by atoms with Crippen LogP contribution < -0.4 is 9.47 Å². The molecule has 1 rings (SSSR count). The van der Waals surface area contributed by atoms with Crippen molar-refractivity contribution >= 4 is 11.9 Å². The van der Waals surface area contributed by atoms with Crippen LogP contribution in [0.5, 0.6) is 11.5 Å². The van der Waals surface area contributed by atoms with E-state index in [4.69, 9.17) is 14.6 Å². The summed E-state index contributed by atoms with van der Waals surface area (Å²) in [5.74, 6) is -0.685. The fourth-order valence-corrected chi connectivity index (χ4v) is 1.91. The number of methoxy groups -OCH3 is 2. The van der Waals surface area contributed by atoms with E-state index in [1.807, 2.05) is 6.92 Å². The Hall–Kier alpha value is -2.24. The highest BCUT2D eigenvalue weighted by molar-refractivity contribution is 5.99. The molecule has 0 aliphatic rings. The highest BCUT2D eigenvalue weighted by Gasteiger charge is 2.23. The smallest absolute Gasteiger partial charge is 0.323 e. The highest BCUT2D eigenvalue weighted by atomic mass is 16.5. The third kappa shape index (κ3) is 3.63. The normalized spacial score (nSPS) is 9.95. The molecule has 1 aromatic rings. The molecule has 0 radical (unpaired) electrons. The second-order valence-electron chi connectivity index (χ2n) is 4.16. The average molecular weight is 281 g/mol.